The van der Waals surface area contributed by atoms with Gasteiger partial charge in [-0.15, -0.1) is 0 Å². The molecule has 0 aliphatic rings. The highest BCUT2D eigenvalue weighted by atomic mass is 35.5. The number of nitrogens with zero attached hydrogens (tertiary/aromatic N) is 2. The van der Waals surface area contributed by atoms with Crippen LogP contribution in [-0.4, -0.2) is 27.1 Å². The maximum Gasteiger partial charge on any atom is 0.264 e. The summed E-state index contributed by atoms with van der Waals surface area (Å²) in [5.41, 5.74) is 3.38. The van der Waals surface area contributed by atoms with E-state index in [4.69, 9.17) is 16.3 Å². The molecule has 0 radical (unpaired) electrons. The normalized spacial score (nSPS) is 11.2. The summed E-state index contributed by atoms with van der Waals surface area (Å²) in [5, 5.41) is 4.43. The molecule has 0 heterocycles. The fourth-order valence-corrected chi connectivity index (χ4v) is 4.84. The monoisotopic (exact) mass is 519 g/mol. The maximum absolute atomic E-state index is 13.3. The second-order valence-corrected chi connectivity index (χ2v) is 9.88. The number of amides is 1. The van der Waals surface area contributed by atoms with Gasteiger partial charge in [-0.3, -0.25) is 9.10 Å². The van der Waals surface area contributed by atoms with Gasteiger partial charge in [0.25, 0.3) is 15.9 Å². The SMILES string of the molecule is O=C(CN(c1ccc(Cl)cc1)S(=O)(=O)c1ccccc1)NN=Cc1cccc(Oc2ccccc2)c1. The summed E-state index contributed by atoms with van der Waals surface area (Å²) in [7, 11) is -4.01. The average molecular weight is 520 g/mol. The van der Waals surface area contributed by atoms with Crippen LogP contribution in [0.4, 0.5) is 5.69 Å². The number of anilines is 1. The second kappa shape index (κ2) is 11.5. The van der Waals surface area contributed by atoms with Gasteiger partial charge in [0.2, 0.25) is 0 Å². The molecule has 182 valence electrons. The molecular formula is C27H22ClN3O4S. The zero-order valence-electron chi connectivity index (χ0n) is 19.0. The highest BCUT2D eigenvalue weighted by Crippen LogP contribution is 2.25. The van der Waals surface area contributed by atoms with Crippen molar-refractivity contribution in [1.82, 2.24) is 5.43 Å². The molecule has 9 heteroatoms. The maximum atomic E-state index is 13.3. The Morgan fingerprint density at radius 2 is 1.50 bits per heavy atom. The lowest BCUT2D eigenvalue weighted by Gasteiger charge is -2.23. The number of sulfonamides is 1. The van der Waals surface area contributed by atoms with E-state index in [0.717, 1.165) is 4.31 Å². The standard InChI is InChI=1S/C27H22ClN3O4S/c28-22-14-16-23(17-15-22)31(36(33,34)26-12-5-2-6-13-26)20-27(32)30-29-19-21-8-7-11-25(18-21)35-24-9-3-1-4-10-24/h1-19H,20H2,(H,30,32). The Morgan fingerprint density at radius 1 is 0.861 bits per heavy atom. The Bertz CT molecular complexity index is 1450. The van der Waals surface area contributed by atoms with E-state index in [1.807, 2.05) is 30.3 Å². The Labute approximate surface area is 214 Å². The fourth-order valence-electron chi connectivity index (χ4n) is 3.27. The number of nitrogens with one attached hydrogen (secondary N) is 1. The molecule has 7 nitrogen and oxygen atoms in total. The van der Waals surface area contributed by atoms with Crippen molar-refractivity contribution in [2.75, 3.05) is 10.8 Å². The smallest absolute Gasteiger partial charge is 0.264 e. The summed E-state index contributed by atoms with van der Waals surface area (Å²) in [6.45, 7) is -0.479. The molecule has 0 aliphatic heterocycles. The number of carbonyl (C=O) groups excluding carboxylic acids is 1. The van der Waals surface area contributed by atoms with Crippen molar-refractivity contribution in [2.24, 2.45) is 5.10 Å². The number of hydrogen-bond acceptors (Lipinski definition) is 5. The average Bonchev–Trinajstić information content (AvgIpc) is 2.89. The van der Waals surface area contributed by atoms with Gasteiger partial charge >= 0.3 is 0 Å². The molecule has 4 rings (SSSR count). The van der Waals surface area contributed by atoms with Gasteiger partial charge in [-0.25, -0.2) is 13.8 Å². The van der Waals surface area contributed by atoms with Crippen LogP contribution in [0.2, 0.25) is 5.02 Å². The zero-order valence-corrected chi connectivity index (χ0v) is 20.6. The lowest BCUT2D eigenvalue weighted by molar-refractivity contribution is -0.119. The van der Waals surface area contributed by atoms with Gasteiger partial charge in [-0.1, -0.05) is 60.1 Å². The van der Waals surface area contributed by atoms with Crippen LogP contribution in [0.5, 0.6) is 11.5 Å². The molecule has 0 fully saturated rings. The third kappa shape index (κ3) is 6.50. The number of hydrazone groups is 1. The number of carbonyl (C=O) groups is 1. The molecule has 4 aromatic rings. The zero-order chi connectivity index (χ0) is 25.4. The van der Waals surface area contributed by atoms with Crippen molar-refractivity contribution in [1.29, 1.82) is 0 Å². The van der Waals surface area contributed by atoms with Crippen LogP contribution in [0.15, 0.2) is 119 Å². The van der Waals surface area contributed by atoms with Crippen LogP contribution in [-0.2, 0) is 14.8 Å². The van der Waals surface area contributed by atoms with E-state index in [9.17, 15) is 13.2 Å². The van der Waals surface area contributed by atoms with Crippen molar-refractivity contribution in [2.45, 2.75) is 4.90 Å². The first-order valence-corrected chi connectivity index (χ1v) is 12.7. The summed E-state index contributed by atoms with van der Waals surface area (Å²) in [6, 6.07) is 30.6. The van der Waals surface area contributed by atoms with Crippen molar-refractivity contribution >= 4 is 39.4 Å². The van der Waals surface area contributed by atoms with Crippen LogP contribution in [0, 0.1) is 0 Å². The molecule has 0 aliphatic carbocycles. The van der Waals surface area contributed by atoms with Crippen LogP contribution < -0.4 is 14.5 Å². The molecule has 0 saturated heterocycles. The first-order valence-electron chi connectivity index (χ1n) is 10.9. The van der Waals surface area contributed by atoms with Gasteiger partial charge in [0, 0.05) is 5.02 Å². The van der Waals surface area contributed by atoms with E-state index < -0.39 is 22.5 Å². The molecule has 0 unspecified atom stereocenters. The molecule has 4 aromatic carbocycles. The number of para-hydroxylation sites is 1. The second-order valence-electron chi connectivity index (χ2n) is 7.58. The van der Waals surface area contributed by atoms with E-state index in [0.29, 0.717) is 27.8 Å². The molecular weight excluding hydrogens is 498 g/mol. The van der Waals surface area contributed by atoms with Gasteiger partial charge in [-0.2, -0.15) is 5.10 Å². The predicted molar refractivity (Wildman–Crippen MR) is 141 cm³/mol. The first-order chi connectivity index (χ1) is 17.4. The summed E-state index contributed by atoms with van der Waals surface area (Å²) in [5.74, 6) is 0.693. The molecule has 1 N–H and O–H groups in total. The Balaban J connectivity index is 1.47. The Hall–Kier alpha value is -4.14. The highest BCUT2D eigenvalue weighted by molar-refractivity contribution is 7.92. The van der Waals surface area contributed by atoms with Gasteiger partial charge in [0.05, 0.1) is 16.8 Å². The van der Waals surface area contributed by atoms with Crippen LogP contribution >= 0.6 is 11.6 Å². The Morgan fingerprint density at radius 3 is 2.19 bits per heavy atom. The fraction of sp³-hybridized carbons (Fsp3) is 0.0370. The Kier molecular flexibility index (Phi) is 7.99. The largest absolute Gasteiger partial charge is 0.457 e. The summed E-state index contributed by atoms with van der Waals surface area (Å²) < 4.78 is 33.4. The van der Waals surface area contributed by atoms with E-state index in [-0.39, 0.29) is 4.90 Å². The lowest BCUT2D eigenvalue weighted by atomic mass is 10.2. The molecule has 0 aromatic heterocycles. The number of rotatable bonds is 9. The molecule has 0 saturated carbocycles. The van der Waals surface area contributed by atoms with E-state index >= 15 is 0 Å². The lowest BCUT2D eigenvalue weighted by Crippen LogP contribution is -2.39. The van der Waals surface area contributed by atoms with Crippen molar-refractivity contribution < 1.29 is 17.9 Å². The minimum Gasteiger partial charge on any atom is -0.457 e. The highest BCUT2D eigenvalue weighted by Gasteiger charge is 2.27. The van der Waals surface area contributed by atoms with E-state index in [1.54, 1.807) is 54.6 Å². The van der Waals surface area contributed by atoms with Crippen LogP contribution in [0.3, 0.4) is 0 Å². The van der Waals surface area contributed by atoms with Crippen molar-refractivity contribution in [3.05, 3.63) is 120 Å². The summed E-state index contributed by atoms with van der Waals surface area (Å²) >= 11 is 5.96. The third-order valence-corrected chi connectivity index (χ3v) is 7.01. The number of ether oxygens (including phenoxy) is 1. The predicted octanol–water partition coefficient (Wildman–Crippen LogP) is 5.48. The molecule has 36 heavy (non-hydrogen) atoms. The minimum absolute atomic E-state index is 0.0616. The van der Waals surface area contributed by atoms with Crippen LogP contribution in [0.1, 0.15) is 5.56 Å². The van der Waals surface area contributed by atoms with E-state index in [2.05, 4.69) is 10.5 Å². The molecule has 0 atom stereocenters. The third-order valence-electron chi connectivity index (χ3n) is 4.97. The number of halogens is 1. The quantitative estimate of drug-likeness (QED) is 0.234. The molecule has 0 bridgehead atoms. The molecule has 0 spiro atoms. The van der Waals surface area contributed by atoms with Gasteiger partial charge in [0.1, 0.15) is 18.0 Å². The van der Waals surface area contributed by atoms with E-state index in [1.165, 1.54) is 30.5 Å². The summed E-state index contributed by atoms with van der Waals surface area (Å²) in [6.07, 6.45) is 1.45. The van der Waals surface area contributed by atoms with Gasteiger partial charge in [-0.05, 0) is 66.2 Å². The summed E-state index contributed by atoms with van der Waals surface area (Å²) in [4.78, 5) is 12.7. The van der Waals surface area contributed by atoms with Crippen molar-refractivity contribution in [3.63, 3.8) is 0 Å². The van der Waals surface area contributed by atoms with Gasteiger partial charge < -0.3 is 4.74 Å². The first kappa shape index (κ1) is 25.0. The number of hydrogen-bond donors (Lipinski definition) is 1. The topological polar surface area (TPSA) is 88.1 Å². The van der Waals surface area contributed by atoms with Crippen molar-refractivity contribution in [3.8, 4) is 11.5 Å². The minimum atomic E-state index is -4.01. The molecule has 1 amide bonds. The number of benzene rings is 4. The van der Waals surface area contributed by atoms with Gasteiger partial charge in [0.15, 0.2) is 0 Å². The van der Waals surface area contributed by atoms with Crippen LogP contribution in [0.25, 0.3) is 0 Å².